The van der Waals surface area contributed by atoms with Crippen molar-refractivity contribution in [3.8, 4) is 11.1 Å². The number of nitrogens with one attached hydrogen (secondary N) is 2. The Hall–Kier alpha value is -1.07. The molecule has 0 fully saturated rings. The molecule has 104 valence electrons. The monoisotopic (exact) mass is 346 g/mol. The third kappa shape index (κ3) is 7.85. The fraction of sp³-hybridized carbons (Fsp3) is 0.167. The summed E-state index contributed by atoms with van der Waals surface area (Å²) >= 11 is 0. The standard InChI is InChI=1S/C10H8N2.C2H7O3P.BrH/c1-5-11-6-2-9(1)10-3-7-12-8-4-10;1-2-6(3,4)5;/h1-8H;2H2,1H3,(H2,3,4,5);1H. The second kappa shape index (κ2) is 8.93. The first-order valence-electron chi connectivity index (χ1n) is 5.48. The molecular formula is C12H16BrN2O3P. The third-order valence-electron chi connectivity index (χ3n) is 2.17. The minimum Gasteiger partial charge on any atom is -1.00 e. The third-order valence-corrected chi connectivity index (χ3v) is 2.97. The number of hydrogen-bond acceptors (Lipinski definition) is 2. The van der Waals surface area contributed by atoms with Crippen molar-refractivity contribution in [2.24, 2.45) is 0 Å². The summed E-state index contributed by atoms with van der Waals surface area (Å²) in [5, 5.41) is 0. The molecule has 1 atom stereocenters. The Morgan fingerprint density at radius 1 is 1.05 bits per heavy atom. The zero-order valence-corrected chi connectivity index (χ0v) is 12.9. The normalized spacial score (nSPS) is 12.4. The van der Waals surface area contributed by atoms with Crippen LogP contribution >= 0.6 is 7.60 Å². The molecule has 0 bridgehead atoms. The highest BCUT2D eigenvalue weighted by Gasteiger charge is 1.97. The number of pyridine rings is 2. The van der Waals surface area contributed by atoms with Crippen LogP contribution in [0.3, 0.4) is 0 Å². The van der Waals surface area contributed by atoms with Crippen LogP contribution in [-0.2, 0) is 4.57 Å². The Labute approximate surface area is 122 Å². The minimum absolute atomic E-state index is 0. The maximum absolute atomic E-state index is 9.58. The summed E-state index contributed by atoms with van der Waals surface area (Å²) in [7, 11) is -3.90. The van der Waals surface area contributed by atoms with Gasteiger partial charge in [0.15, 0.2) is 24.8 Å². The van der Waals surface area contributed by atoms with Gasteiger partial charge in [0, 0.05) is 30.4 Å². The first-order valence-corrected chi connectivity index (χ1v) is 7.24. The molecule has 2 rings (SSSR count). The quantitative estimate of drug-likeness (QED) is 0.611. The van der Waals surface area contributed by atoms with Gasteiger partial charge in [0.2, 0.25) is 0 Å². The van der Waals surface area contributed by atoms with Gasteiger partial charge in [-0.3, -0.25) is 0 Å². The van der Waals surface area contributed by atoms with E-state index in [4.69, 9.17) is 4.89 Å². The van der Waals surface area contributed by atoms with E-state index in [0.29, 0.717) is 0 Å². The van der Waals surface area contributed by atoms with Crippen LogP contribution in [0, 0.1) is 0 Å². The number of halogens is 1. The van der Waals surface area contributed by atoms with Crippen molar-refractivity contribution < 1.29 is 41.3 Å². The molecule has 0 aromatic carbocycles. The summed E-state index contributed by atoms with van der Waals surface area (Å²) in [5.41, 5.74) is 2.45. The van der Waals surface area contributed by atoms with E-state index in [-0.39, 0.29) is 23.1 Å². The van der Waals surface area contributed by atoms with Gasteiger partial charge >= 0.3 is 0 Å². The van der Waals surface area contributed by atoms with Crippen LogP contribution in [-0.4, -0.2) is 11.1 Å². The van der Waals surface area contributed by atoms with Crippen LogP contribution in [0.25, 0.3) is 11.1 Å². The highest BCUT2D eigenvalue weighted by molar-refractivity contribution is 7.50. The van der Waals surface area contributed by atoms with Crippen molar-refractivity contribution in [1.82, 2.24) is 0 Å². The van der Waals surface area contributed by atoms with Crippen LogP contribution in [0.2, 0.25) is 0 Å². The van der Waals surface area contributed by atoms with E-state index in [1.165, 1.54) is 18.1 Å². The number of hydrogen-bond donors (Lipinski definition) is 1. The van der Waals surface area contributed by atoms with Crippen LogP contribution in [0.5, 0.6) is 0 Å². The van der Waals surface area contributed by atoms with E-state index in [1.807, 2.05) is 24.8 Å². The highest BCUT2D eigenvalue weighted by Crippen LogP contribution is 2.26. The predicted molar refractivity (Wildman–Crippen MR) is 65.4 cm³/mol. The van der Waals surface area contributed by atoms with Gasteiger partial charge in [0.1, 0.15) is 7.60 Å². The Morgan fingerprint density at radius 2 is 1.32 bits per heavy atom. The SMILES string of the molecule is CCP(=O)([O-])O.[Br-].c1cc(-c2cc[nH+]cc2)cc[nH+]1. The molecule has 2 heterocycles. The van der Waals surface area contributed by atoms with Gasteiger partial charge in [-0.25, -0.2) is 9.97 Å². The number of H-pyrrole nitrogens is 2. The smallest absolute Gasteiger partial charge is 0.167 e. The largest absolute Gasteiger partial charge is 1.00 e. The molecule has 0 radical (unpaired) electrons. The fourth-order valence-electron chi connectivity index (χ4n) is 1.16. The van der Waals surface area contributed by atoms with Gasteiger partial charge in [-0.05, 0) is 11.1 Å². The maximum Gasteiger partial charge on any atom is 0.167 e. The lowest BCUT2D eigenvalue weighted by atomic mass is 10.1. The Balaban J connectivity index is 0.000000404. The molecule has 1 unspecified atom stereocenters. The van der Waals surface area contributed by atoms with Crippen LogP contribution in [0.1, 0.15) is 6.92 Å². The van der Waals surface area contributed by atoms with Crippen molar-refractivity contribution >= 4 is 7.60 Å². The summed E-state index contributed by atoms with van der Waals surface area (Å²) in [6, 6.07) is 8.20. The van der Waals surface area contributed by atoms with Crippen molar-refractivity contribution in [3.05, 3.63) is 49.1 Å². The molecule has 0 aliphatic rings. The average Bonchev–Trinajstić information content (AvgIpc) is 2.41. The maximum atomic E-state index is 9.58. The molecule has 19 heavy (non-hydrogen) atoms. The lowest BCUT2D eigenvalue weighted by Crippen LogP contribution is -3.00. The van der Waals surface area contributed by atoms with Gasteiger partial charge < -0.3 is 31.3 Å². The second-order valence-corrected chi connectivity index (χ2v) is 5.44. The van der Waals surface area contributed by atoms with Crippen LogP contribution in [0.15, 0.2) is 49.1 Å². The van der Waals surface area contributed by atoms with E-state index in [0.717, 1.165) is 0 Å². The minimum atomic E-state index is -3.90. The predicted octanol–water partition coefficient (Wildman–Crippen LogP) is -2.46. The van der Waals surface area contributed by atoms with Crippen molar-refractivity contribution in [3.63, 3.8) is 0 Å². The molecule has 0 amide bonds. The first kappa shape index (κ1) is 17.9. The summed E-state index contributed by atoms with van der Waals surface area (Å²) in [4.78, 5) is 23.4. The van der Waals surface area contributed by atoms with Crippen LogP contribution in [0.4, 0.5) is 0 Å². The van der Waals surface area contributed by atoms with Gasteiger partial charge in [0.25, 0.3) is 0 Å². The van der Waals surface area contributed by atoms with E-state index < -0.39 is 7.60 Å². The van der Waals surface area contributed by atoms with E-state index in [9.17, 15) is 9.46 Å². The second-order valence-electron chi connectivity index (χ2n) is 3.53. The van der Waals surface area contributed by atoms with Gasteiger partial charge in [0.05, 0.1) is 0 Å². The molecule has 0 saturated heterocycles. The molecule has 0 spiro atoms. The molecular weight excluding hydrogens is 331 g/mol. The molecule has 0 aliphatic heterocycles. The topological polar surface area (TPSA) is 88.6 Å². The molecule has 5 nitrogen and oxygen atoms in total. The fourth-order valence-corrected chi connectivity index (χ4v) is 1.16. The highest BCUT2D eigenvalue weighted by atomic mass is 79.9. The number of aromatic nitrogens is 2. The van der Waals surface area contributed by atoms with Crippen LogP contribution < -0.4 is 31.8 Å². The zero-order chi connectivity index (χ0) is 13.4. The van der Waals surface area contributed by atoms with E-state index in [1.54, 1.807) is 0 Å². The molecule has 3 N–H and O–H groups in total. The summed E-state index contributed by atoms with van der Waals surface area (Å²) < 4.78 is 9.58. The first-order chi connectivity index (χ1) is 8.53. The molecule has 2 aromatic rings. The Bertz CT molecular complexity index is 467. The molecule has 7 heteroatoms. The Morgan fingerprint density at radius 3 is 1.53 bits per heavy atom. The summed E-state index contributed by atoms with van der Waals surface area (Å²) in [5.74, 6) is 0. The zero-order valence-electron chi connectivity index (χ0n) is 10.4. The van der Waals surface area contributed by atoms with E-state index in [2.05, 4.69) is 34.2 Å². The number of rotatable bonds is 2. The lowest BCUT2D eigenvalue weighted by molar-refractivity contribution is -0.378. The van der Waals surface area contributed by atoms with E-state index >= 15 is 0 Å². The number of aromatic amines is 2. The molecule has 2 aromatic heterocycles. The molecule has 0 aliphatic carbocycles. The van der Waals surface area contributed by atoms with Crippen molar-refractivity contribution in [2.75, 3.05) is 6.16 Å². The van der Waals surface area contributed by atoms with Crippen molar-refractivity contribution in [1.29, 1.82) is 0 Å². The Kier molecular flexibility index (Phi) is 8.43. The van der Waals surface area contributed by atoms with Gasteiger partial charge in [-0.15, -0.1) is 0 Å². The van der Waals surface area contributed by atoms with Gasteiger partial charge in [-0.1, -0.05) is 6.92 Å². The summed E-state index contributed by atoms with van der Waals surface area (Å²) in [6.07, 6.45) is 7.52. The van der Waals surface area contributed by atoms with Crippen molar-refractivity contribution in [2.45, 2.75) is 6.92 Å². The average molecular weight is 347 g/mol. The van der Waals surface area contributed by atoms with Gasteiger partial charge in [-0.2, -0.15) is 0 Å². The lowest BCUT2D eigenvalue weighted by Gasteiger charge is -2.10. The molecule has 0 saturated carbocycles. The summed E-state index contributed by atoms with van der Waals surface area (Å²) in [6.45, 7) is 1.38.